The standard InChI is InChI=1S/C6H6N2O.CHN4.Zn/c7-6(9)5-1-3-8-4-2-5;1-2-4-5-3-1;/h1-4H,(H2,7,9);1H;. The van der Waals surface area contributed by atoms with Crippen molar-refractivity contribution < 1.29 is 23.1 Å². The molecule has 0 aliphatic carbocycles. The van der Waals surface area contributed by atoms with E-state index in [0.29, 0.717) is 5.56 Å². The molecule has 1 aliphatic rings. The van der Waals surface area contributed by atoms with Crippen molar-refractivity contribution in [3.05, 3.63) is 30.1 Å². The SMILES string of the molecule is NC(=O)c1ccncc1.[Zn][CH]1N=NN=N1. The van der Waals surface area contributed by atoms with Gasteiger partial charge in [-0.2, -0.15) is 0 Å². The quantitative estimate of drug-likeness (QED) is 0.752. The Balaban J connectivity index is 0.000000162. The van der Waals surface area contributed by atoms with Crippen LogP contribution >= 0.6 is 0 Å². The van der Waals surface area contributed by atoms with Gasteiger partial charge in [0.1, 0.15) is 0 Å². The van der Waals surface area contributed by atoms with E-state index in [0.717, 1.165) is 18.3 Å². The van der Waals surface area contributed by atoms with Crippen LogP contribution in [0.3, 0.4) is 0 Å². The second-order valence-electron chi connectivity index (χ2n) is 2.49. The number of primary amides is 1. The number of nitrogens with zero attached hydrogens (tertiary/aromatic N) is 5. The molecule has 1 aliphatic heterocycles. The molecule has 7 nitrogen and oxygen atoms in total. The Labute approximate surface area is 95.5 Å². The number of carbonyl (C=O) groups is 1. The summed E-state index contributed by atoms with van der Waals surface area (Å²) in [6, 6.07) is 3.14. The number of aromatic nitrogens is 1. The van der Waals surface area contributed by atoms with Crippen LogP contribution in [0.2, 0.25) is 0 Å². The Bertz CT molecular complexity index is 366. The van der Waals surface area contributed by atoms with Gasteiger partial charge in [0.25, 0.3) is 0 Å². The minimum atomic E-state index is -0.419. The summed E-state index contributed by atoms with van der Waals surface area (Å²) in [7, 11) is 0. The van der Waals surface area contributed by atoms with E-state index in [1.54, 1.807) is 12.1 Å². The van der Waals surface area contributed by atoms with Crippen LogP contribution in [0.1, 0.15) is 10.4 Å². The second kappa shape index (κ2) is 6.03. The van der Waals surface area contributed by atoms with Gasteiger partial charge in [0.05, 0.1) is 0 Å². The molecule has 0 fully saturated rings. The van der Waals surface area contributed by atoms with Crippen molar-refractivity contribution in [2.45, 2.75) is 4.76 Å². The van der Waals surface area contributed by atoms with Gasteiger partial charge in [-0.15, -0.1) is 0 Å². The third-order valence-corrected chi connectivity index (χ3v) is 2.06. The van der Waals surface area contributed by atoms with Crippen LogP contribution < -0.4 is 5.73 Å². The van der Waals surface area contributed by atoms with E-state index < -0.39 is 5.91 Å². The van der Waals surface area contributed by atoms with E-state index in [4.69, 9.17) is 5.73 Å². The maximum atomic E-state index is 10.4. The van der Waals surface area contributed by atoms with Crippen molar-refractivity contribution in [2.24, 2.45) is 26.4 Å². The second-order valence-corrected chi connectivity index (χ2v) is 4.02. The van der Waals surface area contributed by atoms with Crippen molar-refractivity contribution in [3.63, 3.8) is 0 Å². The molecule has 1 amide bonds. The molecule has 8 heteroatoms. The van der Waals surface area contributed by atoms with Gasteiger partial charge in [0.15, 0.2) is 0 Å². The first-order valence-electron chi connectivity index (χ1n) is 4.03. The molecule has 0 unspecified atom stereocenters. The molecular weight excluding hydrogens is 250 g/mol. The molecule has 73 valence electrons. The molecule has 2 heterocycles. The zero-order valence-corrected chi connectivity index (χ0v) is 10.8. The summed E-state index contributed by atoms with van der Waals surface area (Å²) in [6.07, 6.45) is 3.06. The molecule has 2 rings (SSSR count). The van der Waals surface area contributed by atoms with Gasteiger partial charge in [-0.1, -0.05) is 0 Å². The van der Waals surface area contributed by atoms with Crippen LogP contribution in [0, 0.1) is 0 Å². The zero-order chi connectivity index (χ0) is 11.1. The van der Waals surface area contributed by atoms with Gasteiger partial charge in [-0.25, -0.2) is 0 Å². The molecule has 0 radical (unpaired) electrons. The third-order valence-electron chi connectivity index (χ3n) is 1.37. The first-order valence-corrected chi connectivity index (χ1v) is 5.74. The fraction of sp³-hybridized carbons (Fsp3) is 0.143. The molecule has 1 aromatic rings. The third kappa shape index (κ3) is 4.46. The van der Waals surface area contributed by atoms with Gasteiger partial charge >= 0.3 is 43.7 Å². The van der Waals surface area contributed by atoms with Gasteiger partial charge in [-0.3, -0.25) is 9.78 Å². The molecule has 0 saturated heterocycles. The summed E-state index contributed by atoms with van der Waals surface area (Å²) < 4.78 is 0.0880. The van der Waals surface area contributed by atoms with Crippen molar-refractivity contribution in [1.82, 2.24) is 4.98 Å². The Morgan fingerprint density at radius 1 is 1.27 bits per heavy atom. The molecule has 0 aromatic carbocycles. The molecule has 2 N–H and O–H groups in total. The van der Waals surface area contributed by atoms with Gasteiger partial charge < -0.3 is 5.73 Å². The number of amides is 1. The Morgan fingerprint density at radius 2 is 1.80 bits per heavy atom. The number of carbonyl (C=O) groups excluding carboxylic acids is 1. The van der Waals surface area contributed by atoms with Crippen molar-refractivity contribution in [1.29, 1.82) is 0 Å². The topological polar surface area (TPSA) is 105 Å². The molecule has 0 atom stereocenters. The first kappa shape index (κ1) is 11.5. The summed E-state index contributed by atoms with van der Waals surface area (Å²) in [6.45, 7) is 0. The number of pyridine rings is 1. The Hall–Kier alpha value is -1.56. The number of hydrogen-bond acceptors (Lipinski definition) is 6. The Morgan fingerprint density at radius 3 is 2.07 bits per heavy atom. The summed E-state index contributed by atoms with van der Waals surface area (Å²) in [5.74, 6) is -0.419. The van der Waals surface area contributed by atoms with Crippen LogP contribution in [0.4, 0.5) is 0 Å². The van der Waals surface area contributed by atoms with E-state index in [9.17, 15) is 4.79 Å². The van der Waals surface area contributed by atoms with E-state index in [2.05, 4.69) is 25.7 Å². The average molecular weight is 257 g/mol. The predicted octanol–water partition coefficient (Wildman–Crippen LogP) is 0.830. The average Bonchev–Trinajstić information content (AvgIpc) is 2.71. The van der Waals surface area contributed by atoms with Crippen LogP contribution in [0.15, 0.2) is 45.2 Å². The van der Waals surface area contributed by atoms with E-state index >= 15 is 0 Å². The monoisotopic (exact) mass is 255 g/mol. The zero-order valence-electron chi connectivity index (χ0n) is 7.82. The van der Waals surface area contributed by atoms with Gasteiger partial charge in [0, 0.05) is 18.0 Å². The minimum absolute atomic E-state index is 0.0880. The Kier molecular flexibility index (Phi) is 4.63. The van der Waals surface area contributed by atoms with Crippen LogP contribution in [-0.4, -0.2) is 15.7 Å². The van der Waals surface area contributed by atoms with Crippen molar-refractivity contribution >= 4 is 5.91 Å². The number of rotatable bonds is 1. The molecule has 1 aromatic heterocycles. The first-order chi connectivity index (χ1) is 7.20. The van der Waals surface area contributed by atoms with Crippen molar-refractivity contribution in [2.75, 3.05) is 0 Å². The van der Waals surface area contributed by atoms with Crippen LogP contribution in [-0.2, 0) is 18.3 Å². The van der Waals surface area contributed by atoms with Crippen LogP contribution in [0.25, 0.3) is 0 Å². The number of nitrogens with two attached hydrogens (primary N) is 1. The molecule has 15 heavy (non-hydrogen) atoms. The summed E-state index contributed by atoms with van der Waals surface area (Å²) in [5, 5.41) is 13.7. The molecule has 0 spiro atoms. The van der Waals surface area contributed by atoms with E-state index in [1.807, 2.05) is 0 Å². The van der Waals surface area contributed by atoms with E-state index in [1.165, 1.54) is 12.4 Å². The molecule has 0 saturated carbocycles. The molecular formula is C7H7N6OZn. The predicted molar refractivity (Wildman–Crippen MR) is 46.3 cm³/mol. The van der Waals surface area contributed by atoms with E-state index in [-0.39, 0.29) is 4.76 Å². The summed E-state index contributed by atoms with van der Waals surface area (Å²) >= 11 is 1.02. The fourth-order valence-corrected chi connectivity index (χ4v) is 1.01. The van der Waals surface area contributed by atoms with Crippen molar-refractivity contribution in [3.8, 4) is 0 Å². The van der Waals surface area contributed by atoms with Gasteiger partial charge in [0.2, 0.25) is 5.91 Å². The maximum absolute atomic E-state index is 10.4. The van der Waals surface area contributed by atoms with Crippen LogP contribution in [0.5, 0.6) is 0 Å². The van der Waals surface area contributed by atoms with Gasteiger partial charge in [-0.05, 0) is 12.1 Å². The fourth-order valence-electron chi connectivity index (χ4n) is 0.705. The molecule has 0 bridgehead atoms. The normalized spacial score (nSPS) is 13.5. The summed E-state index contributed by atoms with van der Waals surface area (Å²) in [4.78, 5) is 14.1. The number of hydrogen-bond donors (Lipinski definition) is 1. The summed E-state index contributed by atoms with van der Waals surface area (Å²) in [5.41, 5.74) is 5.44.